The monoisotopic (exact) mass is 479 g/mol. The summed E-state index contributed by atoms with van der Waals surface area (Å²) in [5.74, 6) is -0.619. The van der Waals surface area contributed by atoms with Crippen LogP contribution in [0.25, 0.3) is 0 Å². The quantitative estimate of drug-likeness (QED) is 0.483. The molecular weight excluding hydrogens is 450 g/mol. The number of hydrogen-bond donors (Lipinski definition) is 2. The molecule has 8 heteroatoms. The first kappa shape index (κ1) is 25.0. The molecule has 0 spiro atoms. The molecule has 0 fully saturated rings. The van der Waals surface area contributed by atoms with E-state index in [0.717, 1.165) is 5.56 Å². The third-order valence-corrected chi connectivity index (χ3v) is 6.91. The fourth-order valence-electron chi connectivity index (χ4n) is 3.45. The lowest BCUT2D eigenvalue weighted by atomic mass is 10.1. The zero-order valence-electron chi connectivity index (χ0n) is 19.8. The predicted molar refractivity (Wildman–Crippen MR) is 135 cm³/mol. The van der Waals surface area contributed by atoms with Gasteiger partial charge in [0.1, 0.15) is 0 Å². The molecule has 34 heavy (non-hydrogen) atoms. The molecule has 0 aliphatic rings. The number of carbonyl (C=O) groups excluding carboxylic acids is 2. The van der Waals surface area contributed by atoms with Gasteiger partial charge in [0, 0.05) is 18.7 Å². The molecule has 2 N–H and O–H groups in total. The molecule has 0 aromatic heterocycles. The second-order valence-corrected chi connectivity index (χ2v) is 9.61. The highest BCUT2D eigenvalue weighted by Gasteiger charge is 2.19. The predicted octanol–water partition coefficient (Wildman–Crippen LogP) is 4.84. The number of sulfonamides is 1. The third kappa shape index (κ3) is 5.63. The van der Waals surface area contributed by atoms with Crippen LogP contribution in [0.3, 0.4) is 0 Å². The van der Waals surface area contributed by atoms with Gasteiger partial charge in [-0.15, -0.1) is 0 Å². The van der Waals surface area contributed by atoms with Crippen molar-refractivity contribution in [2.45, 2.75) is 32.6 Å². The van der Waals surface area contributed by atoms with Crippen molar-refractivity contribution in [2.75, 3.05) is 23.1 Å². The van der Waals surface area contributed by atoms with Gasteiger partial charge in [-0.2, -0.15) is 0 Å². The van der Waals surface area contributed by atoms with Gasteiger partial charge in [0.15, 0.2) is 0 Å². The van der Waals surface area contributed by atoms with Gasteiger partial charge in [0.2, 0.25) is 0 Å². The molecule has 3 aromatic carbocycles. The van der Waals surface area contributed by atoms with Gasteiger partial charge in [-0.25, -0.2) is 8.42 Å². The van der Waals surface area contributed by atoms with Crippen LogP contribution in [-0.4, -0.2) is 38.2 Å². The van der Waals surface area contributed by atoms with Crippen molar-refractivity contribution in [3.8, 4) is 0 Å². The minimum Gasteiger partial charge on any atom is -0.339 e. The molecule has 0 radical (unpaired) electrons. The highest BCUT2D eigenvalue weighted by Crippen LogP contribution is 2.23. The van der Waals surface area contributed by atoms with Gasteiger partial charge in [0.25, 0.3) is 21.8 Å². The maximum atomic E-state index is 13.0. The molecule has 3 rings (SSSR count). The number of nitrogens with zero attached hydrogens (tertiary/aromatic N) is 1. The van der Waals surface area contributed by atoms with E-state index in [2.05, 4.69) is 10.0 Å². The van der Waals surface area contributed by atoms with E-state index in [0.29, 0.717) is 35.6 Å². The van der Waals surface area contributed by atoms with Crippen LogP contribution in [0, 0.1) is 13.8 Å². The number of hydrogen-bond acceptors (Lipinski definition) is 4. The average Bonchev–Trinajstić information content (AvgIpc) is 2.81. The second-order valence-electron chi connectivity index (χ2n) is 7.93. The smallest absolute Gasteiger partial charge is 0.261 e. The first-order chi connectivity index (χ1) is 16.2. The van der Waals surface area contributed by atoms with Crippen molar-refractivity contribution in [1.29, 1.82) is 0 Å². The Morgan fingerprint density at radius 1 is 0.853 bits per heavy atom. The van der Waals surface area contributed by atoms with E-state index in [9.17, 15) is 18.0 Å². The van der Waals surface area contributed by atoms with Gasteiger partial charge < -0.3 is 10.2 Å². The summed E-state index contributed by atoms with van der Waals surface area (Å²) in [5.41, 5.74) is 2.98. The number of anilines is 2. The van der Waals surface area contributed by atoms with Gasteiger partial charge >= 0.3 is 0 Å². The SMILES string of the molecule is CCN(CC)C(=O)c1ccccc1NC(=O)c1ccc(C)c(NS(=O)(=O)c2ccc(C)cc2)c1. The van der Waals surface area contributed by atoms with E-state index >= 15 is 0 Å². The summed E-state index contributed by atoms with van der Waals surface area (Å²) < 4.78 is 28.2. The average molecular weight is 480 g/mol. The summed E-state index contributed by atoms with van der Waals surface area (Å²) in [7, 11) is -3.82. The van der Waals surface area contributed by atoms with Crippen LogP contribution in [0.1, 0.15) is 45.7 Å². The van der Waals surface area contributed by atoms with Crippen LogP contribution in [0.15, 0.2) is 71.6 Å². The molecular formula is C26H29N3O4S. The zero-order valence-corrected chi connectivity index (χ0v) is 20.6. The molecule has 7 nitrogen and oxygen atoms in total. The van der Waals surface area contributed by atoms with E-state index in [1.807, 2.05) is 20.8 Å². The maximum Gasteiger partial charge on any atom is 0.261 e. The van der Waals surface area contributed by atoms with Crippen molar-refractivity contribution < 1.29 is 18.0 Å². The van der Waals surface area contributed by atoms with Crippen LogP contribution in [0.2, 0.25) is 0 Å². The van der Waals surface area contributed by atoms with Crippen LogP contribution in [0.4, 0.5) is 11.4 Å². The Labute approximate surface area is 200 Å². The lowest BCUT2D eigenvalue weighted by molar-refractivity contribution is 0.0774. The lowest BCUT2D eigenvalue weighted by Gasteiger charge is -2.20. The number of rotatable bonds is 8. The van der Waals surface area contributed by atoms with E-state index in [1.54, 1.807) is 60.4 Å². The highest BCUT2D eigenvalue weighted by molar-refractivity contribution is 7.92. The standard InChI is InChI=1S/C26H29N3O4S/c1-5-29(6-2)26(31)22-9-7-8-10-23(22)27-25(30)20-14-13-19(4)24(17-20)28-34(32,33)21-15-11-18(3)12-16-21/h7-17,28H,5-6H2,1-4H3,(H,27,30). The number of aryl methyl sites for hydroxylation is 2. The Balaban J connectivity index is 1.86. The topological polar surface area (TPSA) is 95.6 Å². The second kappa shape index (κ2) is 10.5. The van der Waals surface area contributed by atoms with Crippen molar-refractivity contribution in [3.63, 3.8) is 0 Å². The van der Waals surface area contributed by atoms with Crippen LogP contribution >= 0.6 is 0 Å². The van der Waals surface area contributed by atoms with Gasteiger partial charge in [0.05, 0.1) is 21.8 Å². The molecule has 0 heterocycles. The van der Waals surface area contributed by atoms with Crippen molar-refractivity contribution in [3.05, 3.63) is 89.0 Å². The summed E-state index contributed by atoms with van der Waals surface area (Å²) >= 11 is 0. The summed E-state index contributed by atoms with van der Waals surface area (Å²) in [5, 5.41) is 2.79. The number of nitrogens with one attached hydrogen (secondary N) is 2. The first-order valence-electron chi connectivity index (χ1n) is 11.1. The van der Waals surface area contributed by atoms with Gasteiger partial charge in [-0.1, -0.05) is 35.9 Å². The molecule has 0 saturated heterocycles. The first-order valence-corrected chi connectivity index (χ1v) is 12.5. The van der Waals surface area contributed by atoms with Crippen LogP contribution in [0.5, 0.6) is 0 Å². The minimum atomic E-state index is -3.82. The maximum absolute atomic E-state index is 13.0. The van der Waals surface area contributed by atoms with Crippen LogP contribution in [-0.2, 0) is 10.0 Å². The zero-order chi connectivity index (χ0) is 24.9. The highest BCUT2D eigenvalue weighted by atomic mass is 32.2. The van der Waals surface area contributed by atoms with E-state index in [4.69, 9.17) is 0 Å². The summed E-state index contributed by atoms with van der Waals surface area (Å²) in [6.07, 6.45) is 0. The number of para-hydroxylation sites is 1. The molecule has 178 valence electrons. The molecule has 0 aliphatic heterocycles. The van der Waals surface area contributed by atoms with Crippen molar-refractivity contribution in [1.82, 2.24) is 4.90 Å². The van der Waals surface area contributed by atoms with Crippen LogP contribution < -0.4 is 10.0 Å². The van der Waals surface area contributed by atoms with Crippen molar-refractivity contribution in [2.24, 2.45) is 0 Å². The summed E-state index contributed by atoms with van der Waals surface area (Å²) in [6, 6.07) is 18.1. The third-order valence-electron chi connectivity index (χ3n) is 5.53. The Morgan fingerprint density at radius 3 is 2.15 bits per heavy atom. The molecule has 0 atom stereocenters. The molecule has 0 saturated carbocycles. The fourth-order valence-corrected chi connectivity index (χ4v) is 4.57. The molecule has 0 aliphatic carbocycles. The summed E-state index contributed by atoms with van der Waals surface area (Å²) in [4.78, 5) is 27.7. The molecule has 0 bridgehead atoms. The normalized spacial score (nSPS) is 11.1. The number of benzene rings is 3. The summed E-state index contributed by atoms with van der Waals surface area (Å²) in [6.45, 7) is 8.54. The van der Waals surface area contributed by atoms with Gasteiger partial charge in [-0.3, -0.25) is 14.3 Å². The Kier molecular flexibility index (Phi) is 7.73. The largest absolute Gasteiger partial charge is 0.339 e. The Hall–Kier alpha value is -3.65. The van der Waals surface area contributed by atoms with E-state index < -0.39 is 15.9 Å². The van der Waals surface area contributed by atoms with E-state index in [1.165, 1.54) is 18.2 Å². The fraction of sp³-hybridized carbons (Fsp3) is 0.231. The van der Waals surface area contributed by atoms with Crippen molar-refractivity contribution >= 4 is 33.2 Å². The molecule has 2 amide bonds. The Bertz CT molecular complexity index is 1300. The van der Waals surface area contributed by atoms with E-state index in [-0.39, 0.29) is 16.4 Å². The molecule has 3 aromatic rings. The minimum absolute atomic E-state index is 0.135. The Morgan fingerprint density at radius 2 is 1.50 bits per heavy atom. The number of amides is 2. The lowest BCUT2D eigenvalue weighted by Crippen LogP contribution is -2.31. The van der Waals surface area contributed by atoms with Gasteiger partial charge in [-0.05, 0) is 69.7 Å². The number of carbonyl (C=O) groups is 2. The molecule has 0 unspecified atom stereocenters.